The highest BCUT2D eigenvalue weighted by Crippen LogP contribution is 2.42. The third kappa shape index (κ3) is 4.09. The Morgan fingerprint density at radius 3 is 2.70 bits per heavy atom. The lowest BCUT2D eigenvalue weighted by molar-refractivity contribution is -0.149. The van der Waals surface area contributed by atoms with Crippen LogP contribution in [0.2, 0.25) is 0 Å². The third-order valence-corrected chi connectivity index (χ3v) is 4.99. The van der Waals surface area contributed by atoms with E-state index < -0.39 is 12.1 Å². The van der Waals surface area contributed by atoms with E-state index in [1.54, 1.807) is 19.3 Å². The smallest absolute Gasteiger partial charge is 0.333 e. The van der Waals surface area contributed by atoms with Crippen molar-refractivity contribution in [1.82, 2.24) is 9.97 Å². The molecule has 30 heavy (non-hydrogen) atoms. The molecule has 3 aromatic rings. The van der Waals surface area contributed by atoms with Crippen LogP contribution in [-0.2, 0) is 16.0 Å². The number of carbonyl (C=O) groups is 1. The highest BCUT2D eigenvalue weighted by Gasteiger charge is 2.24. The first-order valence-electron chi connectivity index (χ1n) is 9.84. The normalized spacial score (nSPS) is 14.2. The fraction of sp³-hybridized carbons (Fsp3) is 0.208. The van der Waals surface area contributed by atoms with E-state index >= 15 is 0 Å². The molecule has 0 fully saturated rings. The summed E-state index contributed by atoms with van der Waals surface area (Å²) in [6, 6.07) is 13.4. The summed E-state index contributed by atoms with van der Waals surface area (Å²) in [5.41, 5.74) is 6.14. The van der Waals surface area contributed by atoms with Gasteiger partial charge in [-0.25, -0.2) is 4.79 Å². The van der Waals surface area contributed by atoms with E-state index in [4.69, 9.17) is 9.47 Å². The third-order valence-electron chi connectivity index (χ3n) is 4.99. The Hall–Kier alpha value is -3.51. The van der Waals surface area contributed by atoms with Crippen LogP contribution >= 0.6 is 0 Å². The molecular weight excluding hydrogens is 380 g/mol. The summed E-state index contributed by atoms with van der Waals surface area (Å²) >= 11 is 0. The van der Waals surface area contributed by atoms with Crippen molar-refractivity contribution in [2.45, 2.75) is 19.4 Å². The summed E-state index contributed by atoms with van der Waals surface area (Å²) in [5, 5.41) is 9.21. The van der Waals surface area contributed by atoms with Crippen LogP contribution in [-0.4, -0.2) is 40.4 Å². The molecule has 1 atom stereocenters. The van der Waals surface area contributed by atoms with Gasteiger partial charge >= 0.3 is 5.97 Å². The molecule has 1 unspecified atom stereocenters. The quantitative estimate of drug-likeness (QED) is 0.480. The molecule has 0 saturated heterocycles. The maximum atomic E-state index is 11.2. The van der Waals surface area contributed by atoms with E-state index in [0.29, 0.717) is 25.4 Å². The molecule has 1 aliphatic rings. The fourth-order valence-corrected chi connectivity index (χ4v) is 3.59. The second-order valence-electron chi connectivity index (χ2n) is 6.88. The van der Waals surface area contributed by atoms with Crippen LogP contribution < -0.4 is 4.74 Å². The fourth-order valence-electron chi connectivity index (χ4n) is 3.59. The first kappa shape index (κ1) is 19.8. The van der Waals surface area contributed by atoms with Crippen molar-refractivity contribution in [2.24, 2.45) is 0 Å². The van der Waals surface area contributed by atoms with Gasteiger partial charge in [-0.3, -0.25) is 9.97 Å². The number of fused-ring (bicyclic) bond motifs is 3. The number of carboxylic acid groups (broad SMARTS) is 1. The topological polar surface area (TPSA) is 81.5 Å². The molecule has 0 aliphatic heterocycles. The zero-order valence-electron chi connectivity index (χ0n) is 16.6. The molecule has 1 N–H and O–H groups in total. The Bertz CT molecular complexity index is 1030. The highest BCUT2D eigenvalue weighted by atomic mass is 16.5. The van der Waals surface area contributed by atoms with Crippen molar-refractivity contribution in [1.29, 1.82) is 0 Å². The zero-order chi connectivity index (χ0) is 20.9. The van der Waals surface area contributed by atoms with Gasteiger partial charge in [-0.05, 0) is 48.4 Å². The van der Waals surface area contributed by atoms with Crippen LogP contribution in [0.15, 0.2) is 67.1 Å². The van der Waals surface area contributed by atoms with Gasteiger partial charge < -0.3 is 14.6 Å². The largest absolute Gasteiger partial charge is 0.490 e. The number of aliphatic carboxylic acids is 1. The van der Waals surface area contributed by atoms with Crippen molar-refractivity contribution >= 4 is 11.5 Å². The summed E-state index contributed by atoms with van der Waals surface area (Å²) in [6.45, 7) is 2.54. The first-order chi connectivity index (χ1) is 14.7. The first-order valence-corrected chi connectivity index (χ1v) is 9.84. The number of carboxylic acids is 1. The number of nitrogens with zero attached hydrogens (tertiary/aromatic N) is 2. The van der Waals surface area contributed by atoms with Gasteiger partial charge in [0.2, 0.25) is 0 Å². The molecular formula is C24H22N2O4. The number of ether oxygens (including phenoxy) is 2. The Morgan fingerprint density at radius 1 is 1.10 bits per heavy atom. The Balaban J connectivity index is 1.44. The standard InChI is InChI=1S/C24H22N2O4/c1-2-29-22(24(27)28)14-16-5-7-17(8-6-16)30-13-10-20-21-15-25-12-9-18(21)19-4-3-11-26-23(19)20/h3-12,15,22H,2,13-14H2,1H3,(H,27,28). The molecule has 6 heteroatoms. The zero-order valence-corrected chi connectivity index (χ0v) is 16.6. The molecule has 0 radical (unpaired) electrons. The predicted octanol–water partition coefficient (Wildman–Crippen LogP) is 4.00. The molecule has 0 amide bonds. The maximum absolute atomic E-state index is 11.2. The van der Waals surface area contributed by atoms with Gasteiger partial charge in [0, 0.05) is 48.3 Å². The summed E-state index contributed by atoms with van der Waals surface area (Å²) in [4.78, 5) is 20.0. The lowest BCUT2D eigenvalue weighted by Gasteiger charge is -2.12. The van der Waals surface area contributed by atoms with Crippen molar-refractivity contribution in [3.63, 3.8) is 0 Å². The van der Waals surface area contributed by atoms with Gasteiger partial charge in [0.05, 0.1) is 5.69 Å². The van der Waals surface area contributed by atoms with E-state index in [-0.39, 0.29) is 0 Å². The highest BCUT2D eigenvalue weighted by molar-refractivity contribution is 5.99. The van der Waals surface area contributed by atoms with Crippen LogP contribution in [0.3, 0.4) is 0 Å². The molecule has 1 aliphatic carbocycles. The number of hydrogen-bond acceptors (Lipinski definition) is 5. The number of hydrogen-bond donors (Lipinski definition) is 1. The van der Waals surface area contributed by atoms with Gasteiger partial charge in [-0.2, -0.15) is 0 Å². The summed E-state index contributed by atoms with van der Waals surface area (Å²) in [5.74, 6) is -0.242. The van der Waals surface area contributed by atoms with Gasteiger partial charge in [-0.15, -0.1) is 0 Å². The Kier molecular flexibility index (Phi) is 5.86. The SMILES string of the molecule is CCOC(Cc1ccc(OCC=C2c3cnccc3-c3cccnc32)cc1)C(=O)O. The number of benzene rings is 1. The van der Waals surface area contributed by atoms with Crippen molar-refractivity contribution in [2.75, 3.05) is 13.2 Å². The van der Waals surface area contributed by atoms with Crippen LogP contribution in [0.25, 0.3) is 16.7 Å². The molecule has 0 bridgehead atoms. The molecule has 2 aromatic heterocycles. The summed E-state index contributed by atoms with van der Waals surface area (Å²) in [6.07, 6.45) is 6.93. The van der Waals surface area contributed by atoms with Crippen molar-refractivity contribution < 1.29 is 19.4 Å². The Morgan fingerprint density at radius 2 is 1.93 bits per heavy atom. The van der Waals surface area contributed by atoms with Crippen molar-refractivity contribution in [3.8, 4) is 16.9 Å². The average Bonchev–Trinajstić information content (AvgIpc) is 3.09. The van der Waals surface area contributed by atoms with Gasteiger partial charge in [0.1, 0.15) is 12.4 Å². The molecule has 4 rings (SSSR count). The molecule has 2 heterocycles. The number of rotatable bonds is 8. The van der Waals surface area contributed by atoms with E-state index in [0.717, 1.165) is 33.5 Å². The van der Waals surface area contributed by atoms with Crippen LogP contribution in [0.4, 0.5) is 0 Å². The van der Waals surface area contributed by atoms with Gasteiger partial charge in [0.25, 0.3) is 0 Å². The number of aromatic nitrogens is 2. The summed E-state index contributed by atoms with van der Waals surface area (Å²) < 4.78 is 11.1. The maximum Gasteiger partial charge on any atom is 0.333 e. The van der Waals surface area contributed by atoms with Gasteiger partial charge in [-0.1, -0.05) is 18.2 Å². The minimum atomic E-state index is -0.955. The van der Waals surface area contributed by atoms with E-state index in [1.165, 1.54) is 0 Å². The second kappa shape index (κ2) is 8.88. The number of pyridine rings is 2. The van der Waals surface area contributed by atoms with E-state index in [1.807, 2.05) is 48.7 Å². The lowest BCUT2D eigenvalue weighted by Crippen LogP contribution is -2.26. The summed E-state index contributed by atoms with van der Waals surface area (Å²) in [7, 11) is 0. The van der Waals surface area contributed by atoms with Crippen LogP contribution in [0, 0.1) is 0 Å². The lowest BCUT2D eigenvalue weighted by atomic mass is 10.1. The minimum absolute atomic E-state index is 0.319. The predicted molar refractivity (Wildman–Crippen MR) is 113 cm³/mol. The van der Waals surface area contributed by atoms with E-state index in [9.17, 15) is 9.90 Å². The van der Waals surface area contributed by atoms with Crippen LogP contribution in [0.1, 0.15) is 23.7 Å². The monoisotopic (exact) mass is 402 g/mol. The van der Waals surface area contributed by atoms with E-state index in [2.05, 4.69) is 16.0 Å². The second-order valence-corrected chi connectivity index (χ2v) is 6.88. The molecule has 0 saturated carbocycles. The average molecular weight is 402 g/mol. The minimum Gasteiger partial charge on any atom is -0.490 e. The van der Waals surface area contributed by atoms with Gasteiger partial charge in [0.15, 0.2) is 6.10 Å². The molecule has 1 aromatic carbocycles. The van der Waals surface area contributed by atoms with Crippen LogP contribution in [0.5, 0.6) is 5.75 Å². The molecule has 152 valence electrons. The molecule has 0 spiro atoms. The van der Waals surface area contributed by atoms with Crippen molar-refractivity contribution in [3.05, 3.63) is 84.0 Å². The Labute approximate surface area is 174 Å². The molecule has 6 nitrogen and oxygen atoms in total.